The van der Waals surface area contributed by atoms with E-state index in [0.29, 0.717) is 6.54 Å². The molecule has 0 unspecified atom stereocenters. The topological polar surface area (TPSA) is 64.1 Å². The van der Waals surface area contributed by atoms with E-state index in [1.807, 2.05) is 24.3 Å². The van der Waals surface area contributed by atoms with Gasteiger partial charge in [0.25, 0.3) is 5.91 Å². The number of hydrogen-bond donors (Lipinski definition) is 1. The van der Waals surface area contributed by atoms with E-state index in [-0.39, 0.29) is 16.8 Å². The number of nitrogens with zero attached hydrogens (tertiary/aromatic N) is 2. The predicted molar refractivity (Wildman–Crippen MR) is 71.2 cm³/mol. The average molecular weight is 278 g/mol. The SMILES string of the molecule is COc1ccc(CNC(=O)c2ccc(Cl)nn2)cc1. The summed E-state index contributed by atoms with van der Waals surface area (Å²) in [4.78, 5) is 11.8. The number of benzene rings is 1. The second-order valence-corrected chi connectivity index (χ2v) is 4.16. The van der Waals surface area contributed by atoms with E-state index in [9.17, 15) is 4.79 Å². The minimum absolute atomic E-state index is 0.234. The zero-order valence-corrected chi connectivity index (χ0v) is 11.0. The highest BCUT2D eigenvalue weighted by Crippen LogP contribution is 2.11. The first-order chi connectivity index (χ1) is 9.19. The first-order valence-corrected chi connectivity index (χ1v) is 5.97. The number of carbonyl (C=O) groups excluding carboxylic acids is 1. The molecule has 1 amide bonds. The van der Waals surface area contributed by atoms with Crippen molar-refractivity contribution in [1.82, 2.24) is 15.5 Å². The molecule has 2 aromatic rings. The molecule has 19 heavy (non-hydrogen) atoms. The van der Waals surface area contributed by atoms with Gasteiger partial charge in [-0.3, -0.25) is 4.79 Å². The van der Waals surface area contributed by atoms with E-state index >= 15 is 0 Å². The van der Waals surface area contributed by atoms with Crippen LogP contribution in [0.2, 0.25) is 5.15 Å². The van der Waals surface area contributed by atoms with Gasteiger partial charge in [-0.05, 0) is 29.8 Å². The highest BCUT2D eigenvalue weighted by atomic mass is 35.5. The lowest BCUT2D eigenvalue weighted by molar-refractivity contribution is 0.0945. The van der Waals surface area contributed by atoms with E-state index in [4.69, 9.17) is 16.3 Å². The molecule has 0 fully saturated rings. The monoisotopic (exact) mass is 277 g/mol. The van der Waals surface area contributed by atoms with Gasteiger partial charge in [-0.15, -0.1) is 10.2 Å². The van der Waals surface area contributed by atoms with Crippen LogP contribution >= 0.6 is 11.6 Å². The molecule has 0 spiro atoms. The lowest BCUT2D eigenvalue weighted by Gasteiger charge is -2.05. The number of carbonyl (C=O) groups is 1. The van der Waals surface area contributed by atoms with Crippen LogP contribution in [0.3, 0.4) is 0 Å². The second-order valence-electron chi connectivity index (χ2n) is 3.77. The Morgan fingerprint density at radius 3 is 2.53 bits per heavy atom. The normalized spacial score (nSPS) is 10.0. The van der Waals surface area contributed by atoms with Gasteiger partial charge in [0.15, 0.2) is 10.8 Å². The van der Waals surface area contributed by atoms with Crippen molar-refractivity contribution in [3.63, 3.8) is 0 Å². The summed E-state index contributed by atoms with van der Waals surface area (Å²) in [5, 5.41) is 10.3. The summed E-state index contributed by atoms with van der Waals surface area (Å²) < 4.78 is 5.06. The fraction of sp³-hybridized carbons (Fsp3) is 0.154. The van der Waals surface area contributed by atoms with E-state index in [2.05, 4.69) is 15.5 Å². The Hall–Kier alpha value is -2.14. The van der Waals surface area contributed by atoms with Gasteiger partial charge in [0.2, 0.25) is 0 Å². The molecule has 0 bridgehead atoms. The van der Waals surface area contributed by atoms with Gasteiger partial charge in [0.1, 0.15) is 5.75 Å². The smallest absolute Gasteiger partial charge is 0.272 e. The summed E-state index contributed by atoms with van der Waals surface area (Å²) in [7, 11) is 1.61. The summed E-state index contributed by atoms with van der Waals surface area (Å²) in [5.74, 6) is 0.485. The number of halogens is 1. The summed E-state index contributed by atoms with van der Waals surface area (Å²) in [6.07, 6.45) is 0. The fourth-order valence-electron chi connectivity index (χ4n) is 1.45. The van der Waals surface area contributed by atoms with Crippen molar-refractivity contribution < 1.29 is 9.53 Å². The average Bonchev–Trinajstić information content (AvgIpc) is 2.46. The number of rotatable bonds is 4. The number of nitrogens with one attached hydrogen (secondary N) is 1. The minimum Gasteiger partial charge on any atom is -0.497 e. The van der Waals surface area contributed by atoms with Crippen molar-refractivity contribution in [2.45, 2.75) is 6.54 Å². The summed E-state index contributed by atoms with van der Waals surface area (Å²) in [6, 6.07) is 10.5. The highest BCUT2D eigenvalue weighted by molar-refractivity contribution is 6.29. The third-order valence-electron chi connectivity index (χ3n) is 2.48. The van der Waals surface area contributed by atoms with E-state index in [0.717, 1.165) is 11.3 Å². The summed E-state index contributed by atoms with van der Waals surface area (Å²) in [6.45, 7) is 0.410. The third kappa shape index (κ3) is 3.66. The van der Waals surface area contributed by atoms with Crippen LogP contribution in [0.1, 0.15) is 16.1 Å². The minimum atomic E-state index is -0.292. The number of hydrogen-bond acceptors (Lipinski definition) is 4. The molecule has 1 aromatic heterocycles. The predicted octanol–water partition coefficient (Wildman–Crippen LogP) is 2.07. The Kier molecular flexibility index (Phi) is 4.30. The van der Waals surface area contributed by atoms with E-state index in [1.54, 1.807) is 7.11 Å². The number of amides is 1. The molecule has 0 aliphatic heterocycles. The molecule has 0 radical (unpaired) electrons. The summed E-state index contributed by atoms with van der Waals surface area (Å²) in [5.41, 5.74) is 1.20. The van der Waals surface area contributed by atoms with Gasteiger partial charge >= 0.3 is 0 Å². The Morgan fingerprint density at radius 1 is 1.21 bits per heavy atom. The Balaban J connectivity index is 1.94. The largest absolute Gasteiger partial charge is 0.497 e. The van der Waals surface area contributed by atoms with Crippen LogP contribution in [0.5, 0.6) is 5.75 Å². The fourth-order valence-corrected chi connectivity index (χ4v) is 1.55. The van der Waals surface area contributed by atoms with Crippen LogP contribution in [0.15, 0.2) is 36.4 Å². The van der Waals surface area contributed by atoms with Crippen LogP contribution in [0.4, 0.5) is 0 Å². The van der Waals surface area contributed by atoms with E-state index in [1.165, 1.54) is 12.1 Å². The molecular formula is C13H12ClN3O2. The Labute approximate surface area is 115 Å². The van der Waals surface area contributed by atoms with Gasteiger partial charge in [0, 0.05) is 6.54 Å². The van der Waals surface area contributed by atoms with Crippen molar-refractivity contribution >= 4 is 17.5 Å². The van der Waals surface area contributed by atoms with Crippen molar-refractivity contribution in [2.75, 3.05) is 7.11 Å². The highest BCUT2D eigenvalue weighted by Gasteiger charge is 2.07. The van der Waals surface area contributed by atoms with Gasteiger partial charge in [-0.2, -0.15) is 0 Å². The molecule has 1 aromatic carbocycles. The van der Waals surface area contributed by atoms with Gasteiger partial charge in [-0.25, -0.2) is 0 Å². The third-order valence-corrected chi connectivity index (χ3v) is 2.68. The lowest BCUT2D eigenvalue weighted by Crippen LogP contribution is -2.24. The number of methoxy groups -OCH3 is 1. The van der Waals surface area contributed by atoms with Crippen molar-refractivity contribution in [3.8, 4) is 5.75 Å². The Morgan fingerprint density at radius 2 is 1.95 bits per heavy atom. The zero-order chi connectivity index (χ0) is 13.7. The summed E-state index contributed by atoms with van der Waals surface area (Å²) >= 11 is 5.60. The maximum Gasteiger partial charge on any atom is 0.272 e. The lowest BCUT2D eigenvalue weighted by atomic mass is 10.2. The first-order valence-electron chi connectivity index (χ1n) is 5.59. The molecule has 5 nitrogen and oxygen atoms in total. The molecule has 6 heteroatoms. The van der Waals surface area contributed by atoms with Crippen molar-refractivity contribution in [1.29, 1.82) is 0 Å². The standard InChI is InChI=1S/C13H12ClN3O2/c1-19-10-4-2-9(3-5-10)8-15-13(18)11-6-7-12(14)17-16-11/h2-7H,8H2,1H3,(H,15,18). The van der Waals surface area contributed by atoms with Crippen molar-refractivity contribution in [3.05, 3.63) is 52.8 Å². The van der Waals surface area contributed by atoms with Crippen LogP contribution in [-0.4, -0.2) is 23.2 Å². The van der Waals surface area contributed by atoms with Gasteiger partial charge in [0.05, 0.1) is 7.11 Å². The first kappa shape index (κ1) is 13.3. The number of ether oxygens (including phenoxy) is 1. The quantitative estimate of drug-likeness (QED) is 0.929. The Bertz CT molecular complexity index is 555. The van der Waals surface area contributed by atoms with Crippen molar-refractivity contribution in [2.24, 2.45) is 0 Å². The van der Waals surface area contributed by atoms with Gasteiger partial charge < -0.3 is 10.1 Å². The molecule has 0 saturated heterocycles. The molecule has 0 aliphatic carbocycles. The van der Waals surface area contributed by atoms with Crippen LogP contribution in [0, 0.1) is 0 Å². The van der Waals surface area contributed by atoms with Crippen LogP contribution in [0.25, 0.3) is 0 Å². The molecule has 2 rings (SSSR count). The van der Waals surface area contributed by atoms with Gasteiger partial charge in [-0.1, -0.05) is 23.7 Å². The molecular weight excluding hydrogens is 266 g/mol. The van der Waals surface area contributed by atoms with Crippen LogP contribution < -0.4 is 10.1 Å². The maximum atomic E-state index is 11.8. The molecule has 98 valence electrons. The molecule has 1 N–H and O–H groups in total. The molecule has 1 heterocycles. The molecule has 0 atom stereocenters. The zero-order valence-electron chi connectivity index (χ0n) is 10.3. The maximum absolute atomic E-state index is 11.8. The number of aromatic nitrogens is 2. The van der Waals surface area contributed by atoms with Crippen LogP contribution in [-0.2, 0) is 6.54 Å². The second kappa shape index (κ2) is 6.15. The molecule has 0 saturated carbocycles. The van der Waals surface area contributed by atoms with E-state index < -0.39 is 0 Å². The molecule has 0 aliphatic rings.